The van der Waals surface area contributed by atoms with Crippen molar-refractivity contribution in [2.24, 2.45) is 17.6 Å². The second-order valence-electron chi connectivity index (χ2n) is 5.27. The Balaban J connectivity index is 1.97. The summed E-state index contributed by atoms with van der Waals surface area (Å²) in [6.45, 7) is 3.61. The van der Waals surface area contributed by atoms with Crippen LogP contribution in [-0.2, 0) is 11.2 Å². The summed E-state index contributed by atoms with van der Waals surface area (Å²) in [6.07, 6.45) is 0.676. The van der Waals surface area contributed by atoms with Crippen molar-refractivity contribution in [2.45, 2.75) is 13.3 Å². The second kappa shape index (κ2) is 6.61. The lowest BCUT2D eigenvalue weighted by Crippen LogP contribution is -2.40. The molecule has 1 aliphatic heterocycles. The van der Waals surface area contributed by atoms with Gasteiger partial charge in [0, 0.05) is 6.54 Å². The number of ether oxygens (including phenoxy) is 2. The van der Waals surface area contributed by atoms with Gasteiger partial charge in [-0.15, -0.1) is 0 Å². The molecule has 0 spiro atoms. The van der Waals surface area contributed by atoms with Crippen molar-refractivity contribution < 1.29 is 14.3 Å². The second-order valence-corrected chi connectivity index (χ2v) is 5.27. The maximum absolute atomic E-state index is 12.1. The molecule has 1 aromatic carbocycles. The minimum absolute atomic E-state index is 0.0266. The van der Waals surface area contributed by atoms with E-state index in [1.807, 2.05) is 25.1 Å². The molecule has 0 aliphatic carbocycles. The lowest BCUT2D eigenvalue weighted by Gasteiger charge is -2.25. The number of methoxy groups -OCH3 is 1. The Kier molecular flexibility index (Phi) is 4.84. The maximum atomic E-state index is 12.1. The third-order valence-corrected chi connectivity index (χ3v) is 3.57. The van der Waals surface area contributed by atoms with Gasteiger partial charge in [-0.3, -0.25) is 4.79 Å². The zero-order valence-corrected chi connectivity index (χ0v) is 12.0. The zero-order valence-electron chi connectivity index (χ0n) is 12.0. The molecule has 0 saturated heterocycles. The van der Waals surface area contributed by atoms with Gasteiger partial charge in [0.05, 0.1) is 13.0 Å². The van der Waals surface area contributed by atoms with Crippen molar-refractivity contribution in [3.8, 4) is 11.5 Å². The lowest BCUT2D eigenvalue weighted by atomic mass is 9.95. The van der Waals surface area contributed by atoms with Crippen LogP contribution < -0.4 is 20.5 Å². The highest BCUT2D eigenvalue weighted by atomic mass is 16.5. The number of hydrogen-bond acceptors (Lipinski definition) is 4. The van der Waals surface area contributed by atoms with E-state index in [0.717, 1.165) is 17.1 Å². The quantitative estimate of drug-likeness (QED) is 0.841. The maximum Gasteiger partial charge on any atom is 0.226 e. The molecule has 1 aromatic rings. The first-order chi connectivity index (χ1) is 9.63. The molecule has 5 heteroatoms. The van der Waals surface area contributed by atoms with Crippen LogP contribution in [0.25, 0.3) is 0 Å². The molecule has 2 unspecified atom stereocenters. The Bertz CT molecular complexity index is 476. The highest BCUT2D eigenvalue weighted by Gasteiger charge is 2.26. The summed E-state index contributed by atoms with van der Waals surface area (Å²) in [5.74, 6) is 1.78. The minimum atomic E-state index is -0.153. The van der Waals surface area contributed by atoms with Crippen LogP contribution in [-0.4, -0.2) is 32.7 Å². The number of rotatable bonds is 5. The van der Waals surface area contributed by atoms with E-state index in [-0.39, 0.29) is 17.7 Å². The molecular weight excluding hydrogens is 256 g/mol. The Morgan fingerprint density at radius 1 is 1.60 bits per heavy atom. The molecule has 0 radical (unpaired) electrons. The summed E-state index contributed by atoms with van der Waals surface area (Å²) < 4.78 is 10.8. The van der Waals surface area contributed by atoms with Gasteiger partial charge >= 0.3 is 0 Å². The summed E-state index contributed by atoms with van der Waals surface area (Å²) in [5.41, 5.74) is 6.56. The minimum Gasteiger partial charge on any atom is -0.497 e. The molecule has 0 fully saturated rings. The predicted molar refractivity (Wildman–Crippen MR) is 76.9 cm³/mol. The molecular formula is C15H22N2O3. The van der Waals surface area contributed by atoms with E-state index in [1.165, 1.54) is 0 Å². The van der Waals surface area contributed by atoms with E-state index in [2.05, 4.69) is 5.32 Å². The number of carbonyl (C=O) groups is 1. The van der Waals surface area contributed by atoms with Crippen LogP contribution in [0.2, 0.25) is 0 Å². The van der Waals surface area contributed by atoms with Crippen molar-refractivity contribution in [1.29, 1.82) is 0 Å². The number of amides is 1. The number of fused-ring (bicyclic) bond motifs is 1. The summed E-state index contributed by atoms with van der Waals surface area (Å²) in [5, 5.41) is 2.93. The standard InChI is InChI=1S/C15H22N2O3/c1-10(7-16)8-17-15(18)12-5-11-6-13(19-2)3-4-14(11)20-9-12/h3-4,6,10,12H,5,7-9,16H2,1-2H3,(H,17,18). The monoisotopic (exact) mass is 278 g/mol. The van der Waals surface area contributed by atoms with Crippen LogP contribution in [0.4, 0.5) is 0 Å². The van der Waals surface area contributed by atoms with Crippen LogP contribution in [0.15, 0.2) is 18.2 Å². The first-order valence-corrected chi connectivity index (χ1v) is 6.91. The molecule has 0 aromatic heterocycles. The number of hydrogen-bond donors (Lipinski definition) is 2. The molecule has 2 rings (SSSR count). The molecule has 5 nitrogen and oxygen atoms in total. The SMILES string of the molecule is COc1ccc2c(c1)CC(C(=O)NCC(C)CN)CO2. The summed E-state index contributed by atoms with van der Waals surface area (Å²) in [7, 11) is 1.63. The average molecular weight is 278 g/mol. The van der Waals surface area contributed by atoms with Crippen molar-refractivity contribution in [3.05, 3.63) is 23.8 Å². The molecule has 20 heavy (non-hydrogen) atoms. The van der Waals surface area contributed by atoms with Gasteiger partial charge in [-0.1, -0.05) is 6.92 Å². The van der Waals surface area contributed by atoms with Gasteiger partial charge in [-0.05, 0) is 42.6 Å². The zero-order chi connectivity index (χ0) is 14.5. The first-order valence-electron chi connectivity index (χ1n) is 6.91. The van der Waals surface area contributed by atoms with Gasteiger partial charge in [-0.25, -0.2) is 0 Å². The van der Waals surface area contributed by atoms with Gasteiger partial charge in [0.25, 0.3) is 0 Å². The summed E-state index contributed by atoms with van der Waals surface area (Å²) in [4.78, 5) is 12.1. The summed E-state index contributed by atoms with van der Waals surface area (Å²) >= 11 is 0. The van der Waals surface area contributed by atoms with E-state index in [1.54, 1.807) is 7.11 Å². The normalized spacial score (nSPS) is 18.6. The van der Waals surface area contributed by atoms with E-state index in [4.69, 9.17) is 15.2 Å². The topological polar surface area (TPSA) is 73.6 Å². The fraction of sp³-hybridized carbons (Fsp3) is 0.533. The van der Waals surface area contributed by atoms with Gasteiger partial charge in [-0.2, -0.15) is 0 Å². The van der Waals surface area contributed by atoms with Crippen molar-refractivity contribution >= 4 is 5.91 Å². The first kappa shape index (κ1) is 14.7. The smallest absolute Gasteiger partial charge is 0.226 e. The van der Waals surface area contributed by atoms with E-state index in [9.17, 15) is 4.79 Å². The van der Waals surface area contributed by atoms with Gasteiger partial charge < -0.3 is 20.5 Å². The lowest BCUT2D eigenvalue weighted by molar-refractivity contribution is -0.126. The van der Waals surface area contributed by atoms with Gasteiger partial charge in [0.15, 0.2) is 0 Å². The molecule has 1 heterocycles. The van der Waals surface area contributed by atoms with Gasteiger partial charge in [0.2, 0.25) is 5.91 Å². The number of benzene rings is 1. The Labute approximate surface area is 119 Å². The van der Waals surface area contributed by atoms with Crippen LogP contribution in [0.5, 0.6) is 11.5 Å². The van der Waals surface area contributed by atoms with Crippen molar-refractivity contribution in [2.75, 3.05) is 26.8 Å². The average Bonchev–Trinajstić information content (AvgIpc) is 2.50. The molecule has 0 bridgehead atoms. The van der Waals surface area contributed by atoms with Crippen LogP contribution in [0, 0.1) is 11.8 Å². The highest BCUT2D eigenvalue weighted by molar-refractivity contribution is 5.79. The Morgan fingerprint density at radius 2 is 2.40 bits per heavy atom. The molecule has 3 N–H and O–H groups in total. The van der Waals surface area contributed by atoms with Crippen LogP contribution >= 0.6 is 0 Å². The molecule has 2 atom stereocenters. The number of nitrogens with two attached hydrogens (primary N) is 1. The molecule has 1 amide bonds. The Morgan fingerprint density at radius 3 is 3.10 bits per heavy atom. The highest BCUT2D eigenvalue weighted by Crippen LogP contribution is 2.30. The van der Waals surface area contributed by atoms with E-state index in [0.29, 0.717) is 26.1 Å². The third kappa shape index (κ3) is 3.42. The predicted octanol–water partition coefficient (Wildman–Crippen LogP) is 0.957. The summed E-state index contributed by atoms with van der Waals surface area (Å²) in [6, 6.07) is 5.68. The molecule has 1 aliphatic rings. The fourth-order valence-corrected chi connectivity index (χ4v) is 2.17. The number of carbonyl (C=O) groups excluding carboxylic acids is 1. The van der Waals surface area contributed by atoms with E-state index >= 15 is 0 Å². The van der Waals surface area contributed by atoms with Crippen molar-refractivity contribution in [3.63, 3.8) is 0 Å². The largest absolute Gasteiger partial charge is 0.497 e. The number of nitrogens with one attached hydrogen (secondary N) is 1. The van der Waals surface area contributed by atoms with Crippen LogP contribution in [0.3, 0.4) is 0 Å². The fourth-order valence-electron chi connectivity index (χ4n) is 2.17. The molecule has 110 valence electrons. The van der Waals surface area contributed by atoms with Crippen molar-refractivity contribution in [1.82, 2.24) is 5.32 Å². The Hall–Kier alpha value is -1.75. The van der Waals surface area contributed by atoms with Gasteiger partial charge in [0.1, 0.15) is 18.1 Å². The molecule has 0 saturated carbocycles. The van der Waals surface area contributed by atoms with E-state index < -0.39 is 0 Å². The van der Waals surface area contributed by atoms with Crippen LogP contribution in [0.1, 0.15) is 12.5 Å². The third-order valence-electron chi connectivity index (χ3n) is 3.57.